The average Bonchev–Trinajstić information content (AvgIpc) is 2.88. The number of hydrogen-bond donors (Lipinski definition) is 1. The first-order chi connectivity index (χ1) is 7.75. The van der Waals surface area contributed by atoms with Crippen LogP contribution >= 0.6 is 0 Å². The van der Waals surface area contributed by atoms with E-state index in [0.29, 0.717) is 0 Å². The summed E-state index contributed by atoms with van der Waals surface area (Å²) in [5.74, 6) is 0.913. The molecule has 0 saturated heterocycles. The Balaban J connectivity index is 2.12. The SMILES string of the molecule is CC(=O)C=C(CC1CCCC1)c1ccc[nH]1. The van der Waals surface area contributed by atoms with Crippen molar-refractivity contribution in [1.29, 1.82) is 0 Å². The molecule has 0 bridgehead atoms. The molecule has 1 aliphatic rings. The van der Waals surface area contributed by atoms with Gasteiger partial charge in [0.05, 0.1) is 0 Å². The van der Waals surface area contributed by atoms with Crippen LogP contribution < -0.4 is 0 Å². The number of H-pyrrole nitrogens is 1. The van der Waals surface area contributed by atoms with Crippen molar-refractivity contribution < 1.29 is 4.79 Å². The summed E-state index contributed by atoms with van der Waals surface area (Å²) in [4.78, 5) is 14.4. The van der Waals surface area contributed by atoms with Gasteiger partial charge in [-0.25, -0.2) is 0 Å². The molecule has 0 aliphatic heterocycles. The van der Waals surface area contributed by atoms with Crippen molar-refractivity contribution in [2.45, 2.75) is 39.0 Å². The number of hydrogen-bond acceptors (Lipinski definition) is 1. The van der Waals surface area contributed by atoms with Crippen molar-refractivity contribution in [1.82, 2.24) is 4.98 Å². The highest BCUT2D eigenvalue weighted by Gasteiger charge is 2.17. The monoisotopic (exact) mass is 217 g/mol. The maximum atomic E-state index is 11.2. The van der Waals surface area contributed by atoms with Crippen LogP contribution in [-0.4, -0.2) is 10.8 Å². The van der Waals surface area contributed by atoms with E-state index < -0.39 is 0 Å². The van der Waals surface area contributed by atoms with E-state index in [1.54, 1.807) is 13.0 Å². The number of nitrogens with one attached hydrogen (secondary N) is 1. The lowest BCUT2D eigenvalue weighted by atomic mass is 9.95. The number of carbonyl (C=O) groups is 1. The Bertz CT molecular complexity index is 369. The van der Waals surface area contributed by atoms with E-state index in [1.165, 1.54) is 31.3 Å². The third-order valence-corrected chi connectivity index (χ3v) is 3.30. The van der Waals surface area contributed by atoms with Gasteiger partial charge in [-0.05, 0) is 43.0 Å². The standard InChI is InChI=1S/C14H19NO/c1-11(16)9-13(14-7-4-8-15-14)10-12-5-2-3-6-12/h4,7-9,12,15H,2-3,5-6,10H2,1H3. The second-order valence-corrected chi connectivity index (χ2v) is 4.72. The first kappa shape index (κ1) is 11.2. The summed E-state index contributed by atoms with van der Waals surface area (Å²) in [5, 5.41) is 0. The van der Waals surface area contributed by atoms with Crippen LogP contribution in [0.1, 0.15) is 44.7 Å². The van der Waals surface area contributed by atoms with Crippen LogP contribution in [0.2, 0.25) is 0 Å². The molecule has 1 saturated carbocycles. The fourth-order valence-electron chi connectivity index (χ4n) is 2.55. The van der Waals surface area contributed by atoms with E-state index in [-0.39, 0.29) is 5.78 Å². The second kappa shape index (κ2) is 5.15. The number of aromatic nitrogens is 1. The van der Waals surface area contributed by atoms with Gasteiger partial charge >= 0.3 is 0 Å². The minimum atomic E-state index is 0.141. The van der Waals surface area contributed by atoms with E-state index in [4.69, 9.17) is 0 Å². The second-order valence-electron chi connectivity index (χ2n) is 4.72. The van der Waals surface area contributed by atoms with Gasteiger partial charge in [0, 0.05) is 11.9 Å². The van der Waals surface area contributed by atoms with Gasteiger partial charge in [0.15, 0.2) is 5.78 Å². The van der Waals surface area contributed by atoms with Gasteiger partial charge in [-0.3, -0.25) is 4.79 Å². The van der Waals surface area contributed by atoms with Gasteiger partial charge in [-0.15, -0.1) is 0 Å². The molecule has 1 aromatic rings. The molecule has 0 radical (unpaired) electrons. The minimum absolute atomic E-state index is 0.141. The van der Waals surface area contributed by atoms with Crippen molar-refractivity contribution in [2.75, 3.05) is 0 Å². The predicted octanol–water partition coefficient (Wildman–Crippen LogP) is 3.57. The van der Waals surface area contributed by atoms with Gasteiger partial charge in [0.2, 0.25) is 0 Å². The maximum Gasteiger partial charge on any atom is 0.152 e. The lowest BCUT2D eigenvalue weighted by Crippen LogP contribution is -1.98. The van der Waals surface area contributed by atoms with Crippen LogP contribution in [0.5, 0.6) is 0 Å². The molecule has 1 N–H and O–H groups in total. The molecular formula is C14H19NO. The van der Waals surface area contributed by atoms with Crippen LogP contribution in [0.4, 0.5) is 0 Å². The van der Waals surface area contributed by atoms with Gasteiger partial charge < -0.3 is 4.98 Å². The zero-order chi connectivity index (χ0) is 11.4. The fourth-order valence-corrected chi connectivity index (χ4v) is 2.55. The Hall–Kier alpha value is -1.31. The zero-order valence-corrected chi connectivity index (χ0v) is 9.83. The molecule has 0 aromatic carbocycles. The lowest BCUT2D eigenvalue weighted by Gasteiger charge is -2.11. The molecule has 2 rings (SSSR count). The van der Waals surface area contributed by atoms with Gasteiger partial charge in [-0.2, -0.15) is 0 Å². The van der Waals surface area contributed by atoms with Crippen LogP contribution in [-0.2, 0) is 4.79 Å². The zero-order valence-electron chi connectivity index (χ0n) is 9.83. The van der Waals surface area contributed by atoms with E-state index in [2.05, 4.69) is 4.98 Å². The van der Waals surface area contributed by atoms with Crippen LogP contribution in [0, 0.1) is 5.92 Å². The highest BCUT2D eigenvalue weighted by molar-refractivity contribution is 5.94. The number of ketones is 1. The Kier molecular flexibility index (Phi) is 3.60. The molecule has 0 spiro atoms. The largest absolute Gasteiger partial charge is 0.361 e. The van der Waals surface area contributed by atoms with Crippen LogP contribution in [0.3, 0.4) is 0 Å². The molecule has 16 heavy (non-hydrogen) atoms. The minimum Gasteiger partial charge on any atom is -0.361 e. The van der Waals surface area contributed by atoms with E-state index in [0.717, 1.165) is 18.0 Å². The molecule has 2 nitrogen and oxygen atoms in total. The third kappa shape index (κ3) is 2.84. The molecule has 2 heteroatoms. The summed E-state index contributed by atoms with van der Waals surface area (Å²) in [6.45, 7) is 1.62. The number of carbonyl (C=O) groups excluding carboxylic acids is 1. The molecule has 0 unspecified atom stereocenters. The smallest absolute Gasteiger partial charge is 0.152 e. The van der Waals surface area contributed by atoms with Gasteiger partial charge in [0.25, 0.3) is 0 Å². The first-order valence-electron chi connectivity index (χ1n) is 6.10. The van der Waals surface area contributed by atoms with Crippen molar-refractivity contribution >= 4 is 11.4 Å². The molecule has 1 heterocycles. The summed E-state index contributed by atoms with van der Waals surface area (Å²) in [6.07, 6.45) is 10.1. The van der Waals surface area contributed by atoms with Crippen molar-refractivity contribution in [3.05, 3.63) is 30.1 Å². The fraction of sp³-hybridized carbons (Fsp3) is 0.500. The van der Waals surface area contributed by atoms with Crippen LogP contribution in [0.15, 0.2) is 24.4 Å². The summed E-state index contributed by atoms with van der Waals surface area (Å²) < 4.78 is 0. The molecule has 1 aromatic heterocycles. The summed E-state index contributed by atoms with van der Waals surface area (Å²) in [5.41, 5.74) is 2.27. The lowest BCUT2D eigenvalue weighted by molar-refractivity contribution is -0.112. The Morgan fingerprint density at radius 2 is 2.25 bits per heavy atom. The topological polar surface area (TPSA) is 32.9 Å². The Morgan fingerprint density at radius 1 is 1.50 bits per heavy atom. The average molecular weight is 217 g/mol. The summed E-state index contributed by atoms with van der Waals surface area (Å²) >= 11 is 0. The number of aromatic amines is 1. The highest BCUT2D eigenvalue weighted by Crippen LogP contribution is 2.33. The van der Waals surface area contributed by atoms with E-state index in [9.17, 15) is 4.79 Å². The van der Waals surface area contributed by atoms with E-state index in [1.807, 2.05) is 18.3 Å². The molecule has 86 valence electrons. The molecule has 1 fully saturated rings. The third-order valence-electron chi connectivity index (χ3n) is 3.30. The van der Waals surface area contributed by atoms with Crippen molar-refractivity contribution in [2.24, 2.45) is 5.92 Å². The van der Waals surface area contributed by atoms with Gasteiger partial charge in [-0.1, -0.05) is 25.7 Å². The molecule has 1 aliphatic carbocycles. The first-order valence-corrected chi connectivity index (χ1v) is 6.10. The highest BCUT2D eigenvalue weighted by atomic mass is 16.1. The molecular weight excluding hydrogens is 198 g/mol. The number of allylic oxidation sites excluding steroid dienone is 2. The maximum absolute atomic E-state index is 11.2. The van der Waals surface area contributed by atoms with Gasteiger partial charge in [0.1, 0.15) is 0 Å². The van der Waals surface area contributed by atoms with Crippen LogP contribution in [0.25, 0.3) is 5.57 Å². The normalized spacial score (nSPS) is 17.9. The Labute approximate surface area is 96.8 Å². The van der Waals surface area contributed by atoms with Crippen molar-refractivity contribution in [3.8, 4) is 0 Å². The molecule has 0 atom stereocenters. The van der Waals surface area contributed by atoms with E-state index >= 15 is 0 Å². The summed E-state index contributed by atoms with van der Waals surface area (Å²) in [7, 11) is 0. The van der Waals surface area contributed by atoms with Crippen molar-refractivity contribution in [3.63, 3.8) is 0 Å². The Morgan fingerprint density at radius 3 is 2.81 bits per heavy atom. The quantitative estimate of drug-likeness (QED) is 0.768. The predicted molar refractivity (Wildman–Crippen MR) is 66.0 cm³/mol. The summed E-state index contributed by atoms with van der Waals surface area (Å²) in [6, 6.07) is 4.03. The molecule has 0 amide bonds. The number of rotatable bonds is 4.